The molecule has 0 saturated heterocycles. The first kappa shape index (κ1) is 17.4. The van der Waals surface area contributed by atoms with Gasteiger partial charge in [0.15, 0.2) is 11.6 Å². The quantitative estimate of drug-likeness (QED) is 0.844. The zero-order valence-electron chi connectivity index (χ0n) is 13.1. The Kier molecular flexibility index (Phi) is 5.74. The van der Waals surface area contributed by atoms with Gasteiger partial charge in [-0.25, -0.2) is 17.5 Å². The van der Waals surface area contributed by atoms with Gasteiger partial charge in [0.2, 0.25) is 10.0 Å². The third-order valence-corrected chi connectivity index (χ3v) is 4.35. The second-order valence-corrected chi connectivity index (χ2v) is 7.30. The lowest BCUT2D eigenvalue weighted by molar-refractivity contribution is 0.231. The van der Waals surface area contributed by atoms with Gasteiger partial charge in [-0.1, -0.05) is 36.4 Å². The standard InChI is InChI=1S/C17H20FNO3S/c1-13(2)22-17-9-8-15(10-16(17)18)11-19-23(20,21)12-14-6-4-3-5-7-14/h3-10,13,19H,11-12H2,1-2H3. The molecule has 6 heteroatoms. The Hall–Kier alpha value is -1.92. The van der Waals surface area contributed by atoms with Crippen LogP contribution in [0.1, 0.15) is 25.0 Å². The van der Waals surface area contributed by atoms with E-state index in [-0.39, 0.29) is 24.2 Å². The van der Waals surface area contributed by atoms with Crippen molar-refractivity contribution >= 4 is 10.0 Å². The number of nitrogens with one attached hydrogen (secondary N) is 1. The first-order chi connectivity index (χ1) is 10.9. The topological polar surface area (TPSA) is 55.4 Å². The Morgan fingerprint density at radius 1 is 1.09 bits per heavy atom. The molecule has 0 amide bonds. The summed E-state index contributed by atoms with van der Waals surface area (Å²) in [5.74, 6) is -0.445. The van der Waals surface area contributed by atoms with E-state index in [4.69, 9.17) is 4.74 Å². The minimum atomic E-state index is -3.48. The molecule has 0 aliphatic rings. The van der Waals surface area contributed by atoms with E-state index < -0.39 is 15.8 Å². The van der Waals surface area contributed by atoms with Crippen LogP contribution in [0.4, 0.5) is 4.39 Å². The van der Waals surface area contributed by atoms with Crippen LogP contribution in [0.25, 0.3) is 0 Å². The summed E-state index contributed by atoms with van der Waals surface area (Å²) < 4.78 is 45.7. The Labute approximate surface area is 136 Å². The highest BCUT2D eigenvalue weighted by Gasteiger charge is 2.12. The van der Waals surface area contributed by atoms with Gasteiger partial charge in [-0.3, -0.25) is 0 Å². The molecule has 0 fully saturated rings. The van der Waals surface area contributed by atoms with Crippen molar-refractivity contribution in [3.8, 4) is 5.75 Å². The zero-order chi connectivity index (χ0) is 16.9. The molecule has 124 valence electrons. The molecule has 0 bridgehead atoms. The van der Waals surface area contributed by atoms with Crippen molar-refractivity contribution in [2.75, 3.05) is 0 Å². The van der Waals surface area contributed by atoms with Gasteiger partial charge in [0.25, 0.3) is 0 Å². The van der Waals surface area contributed by atoms with Crippen LogP contribution in [0.5, 0.6) is 5.75 Å². The van der Waals surface area contributed by atoms with Crippen molar-refractivity contribution in [3.05, 3.63) is 65.5 Å². The lowest BCUT2D eigenvalue weighted by Crippen LogP contribution is -2.24. The minimum Gasteiger partial charge on any atom is -0.488 e. The first-order valence-corrected chi connectivity index (χ1v) is 8.97. The molecule has 2 aromatic carbocycles. The monoisotopic (exact) mass is 337 g/mol. The molecule has 2 aromatic rings. The molecule has 0 aliphatic heterocycles. The van der Waals surface area contributed by atoms with Crippen LogP contribution in [-0.2, 0) is 22.3 Å². The minimum absolute atomic E-state index is 0.0358. The Balaban J connectivity index is 1.98. The predicted octanol–water partition coefficient (Wildman–Crippen LogP) is 3.23. The molecule has 0 spiro atoms. The second kappa shape index (κ2) is 7.57. The van der Waals surface area contributed by atoms with Crippen LogP contribution in [0, 0.1) is 5.82 Å². The van der Waals surface area contributed by atoms with Crippen molar-refractivity contribution in [1.29, 1.82) is 0 Å². The molecule has 0 aromatic heterocycles. The van der Waals surface area contributed by atoms with Crippen LogP contribution < -0.4 is 9.46 Å². The number of sulfonamides is 1. The van der Waals surface area contributed by atoms with Gasteiger partial charge in [0, 0.05) is 6.54 Å². The zero-order valence-corrected chi connectivity index (χ0v) is 13.9. The molecule has 0 unspecified atom stereocenters. The van der Waals surface area contributed by atoms with Gasteiger partial charge in [-0.05, 0) is 37.1 Å². The summed E-state index contributed by atoms with van der Waals surface area (Å²) in [6.07, 6.45) is -0.125. The summed E-state index contributed by atoms with van der Waals surface area (Å²) in [4.78, 5) is 0. The summed E-state index contributed by atoms with van der Waals surface area (Å²) in [5.41, 5.74) is 1.24. The van der Waals surface area contributed by atoms with Crippen molar-refractivity contribution in [2.24, 2.45) is 0 Å². The maximum atomic E-state index is 13.9. The molecule has 2 rings (SSSR count). The summed E-state index contributed by atoms with van der Waals surface area (Å²) in [6.45, 7) is 3.66. The molecule has 0 atom stereocenters. The highest BCUT2D eigenvalue weighted by molar-refractivity contribution is 7.88. The van der Waals surface area contributed by atoms with Crippen LogP contribution in [-0.4, -0.2) is 14.5 Å². The van der Waals surface area contributed by atoms with Gasteiger partial charge >= 0.3 is 0 Å². The van der Waals surface area contributed by atoms with E-state index in [0.717, 1.165) is 0 Å². The lowest BCUT2D eigenvalue weighted by Gasteiger charge is -2.12. The van der Waals surface area contributed by atoms with Gasteiger partial charge in [-0.2, -0.15) is 0 Å². The van der Waals surface area contributed by atoms with E-state index in [1.165, 1.54) is 12.1 Å². The van der Waals surface area contributed by atoms with Crippen molar-refractivity contribution in [2.45, 2.75) is 32.2 Å². The van der Waals surface area contributed by atoms with Gasteiger partial charge in [0.1, 0.15) is 0 Å². The summed E-state index contributed by atoms with van der Waals surface area (Å²) >= 11 is 0. The number of hydrogen-bond donors (Lipinski definition) is 1. The van der Waals surface area contributed by atoms with Gasteiger partial charge in [-0.15, -0.1) is 0 Å². The largest absolute Gasteiger partial charge is 0.488 e. The van der Waals surface area contributed by atoms with Crippen LogP contribution in [0.2, 0.25) is 0 Å². The molecule has 1 N–H and O–H groups in total. The molecule has 4 nitrogen and oxygen atoms in total. The average molecular weight is 337 g/mol. The smallest absolute Gasteiger partial charge is 0.216 e. The normalized spacial score (nSPS) is 11.7. The van der Waals surface area contributed by atoms with Crippen molar-refractivity contribution in [1.82, 2.24) is 4.72 Å². The van der Waals surface area contributed by atoms with Crippen molar-refractivity contribution in [3.63, 3.8) is 0 Å². The highest BCUT2D eigenvalue weighted by Crippen LogP contribution is 2.19. The Morgan fingerprint density at radius 2 is 1.78 bits per heavy atom. The number of hydrogen-bond acceptors (Lipinski definition) is 3. The SMILES string of the molecule is CC(C)Oc1ccc(CNS(=O)(=O)Cc2ccccc2)cc1F. The molecule has 23 heavy (non-hydrogen) atoms. The summed E-state index contributed by atoms with van der Waals surface area (Å²) in [6, 6.07) is 13.3. The fraction of sp³-hybridized carbons (Fsp3) is 0.294. The highest BCUT2D eigenvalue weighted by atomic mass is 32.2. The van der Waals surface area contributed by atoms with E-state index >= 15 is 0 Å². The number of halogens is 1. The van der Waals surface area contributed by atoms with Gasteiger partial charge in [0.05, 0.1) is 11.9 Å². The second-order valence-electron chi connectivity index (χ2n) is 5.50. The maximum Gasteiger partial charge on any atom is 0.216 e. The summed E-state index contributed by atoms with van der Waals surface area (Å²) in [5, 5.41) is 0. The molecular weight excluding hydrogens is 317 g/mol. The van der Waals surface area contributed by atoms with Crippen LogP contribution >= 0.6 is 0 Å². The van der Waals surface area contributed by atoms with E-state index in [0.29, 0.717) is 11.1 Å². The fourth-order valence-electron chi connectivity index (χ4n) is 2.04. The van der Waals surface area contributed by atoms with E-state index in [1.807, 2.05) is 19.9 Å². The van der Waals surface area contributed by atoms with E-state index in [9.17, 15) is 12.8 Å². The van der Waals surface area contributed by atoms with Crippen LogP contribution in [0.3, 0.4) is 0 Å². The van der Waals surface area contributed by atoms with Gasteiger partial charge < -0.3 is 4.74 Å². The first-order valence-electron chi connectivity index (χ1n) is 7.32. The van der Waals surface area contributed by atoms with Crippen molar-refractivity contribution < 1.29 is 17.5 Å². The predicted molar refractivity (Wildman–Crippen MR) is 88.1 cm³/mol. The Morgan fingerprint density at radius 3 is 2.39 bits per heavy atom. The number of benzene rings is 2. The number of rotatable bonds is 7. The molecular formula is C17H20FNO3S. The molecule has 0 heterocycles. The molecule has 0 radical (unpaired) electrons. The van der Waals surface area contributed by atoms with E-state index in [2.05, 4.69) is 4.72 Å². The third-order valence-electron chi connectivity index (χ3n) is 3.05. The molecule has 0 saturated carbocycles. The summed E-state index contributed by atoms with van der Waals surface area (Å²) in [7, 11) is -3.48. The lowest BCUT2D eigenvalue weighted by atomic mass is 10.2. The Bertz CT molecular complexity index is 746. The fourth-order valence-corrected chi connectivity index (χ4v) is 3.16. The average Bonchev–Trinajstić information content (AvgIpc) is 2.48. The molecule has 0 aliphatic carbocycles. The van der Waals surface area contributed by atoms with Crippen LogP contribution in [0.15, 0.2) is 48.5 Å². The van der Waals surface area contributed by atoms with E-state index in [1.54, 1.807) is 30.3 Å². The number of ether oxygens (including phenoxy) is 1. The third kappa shape index (κ3) is 5.65. The maximum absolute atomic E-state index is 13.9.